The van der Waals surface area contributed by atoms with Crippen molar-refractivity contribution in [3.8, 4) is 0 Å². The number of nitrogen functional groups attached to an aromatic ring is 1. The molecule has 3 N–H and O–H groups in total. The van der Waals surface area contributed by atoms with Crippen LogP contribution in [0.1, 0.15) is 11.1 Å². The first kappa shape index (κ1) is 12.5. The first-order valence-electron chi connectivity index (χ1n) is 6.67. The average molecular weight is 263 g/mol. The highest BCUT2D eigenvalue weighted by atomic mass is 14.9. The zero-order valence-electron chi connectivity index (χ0n) is 11.4. The number of hydrogen-bond acceptors (Lipinski definition) is 3. The summed E-state index contributed by atoms with van der Waals surface area (Å²) in [5.74, 6) is 0. The Bertz CT molecular complexity index is 750. The number of anilines is 2. The van der Waals surface area contributed by atoms with Gasteiger partial charge in [-0.3, -0.25) is 4.98 Å². The van der Waals surface area contributed by atoms with Crippen molar-refractivity contribution >= 4 is 22.3 Å². The van der Waals surface area contributed by atoms with E-state index in [1.54, 1.807) is 6.20 Å². The van der Waals surface area contributed by atoms with E-state index in [1.165, 1.54) is 11.1 Å². The number of benzene rings is 2. The van der Waals surface area contributed by atoms with Crippen molar-refractivity contribution in [3.63, 3.8) is 0 Å². The molecular formula is C17H17N3. The molecule has 2 aromatic carbocycles. The fourth-order valence-electron chi connectivity index (χ4n) is 2.35. The van der Waals surface area contributed by atoms with Gasteiger partial charge in [0.05, 0.1) is 11.2 Å². The summed E-state index contributed by atoms with van der Waals surface area (Å²) in [5, 5.41) is 4.53. The molecule has 0 unspecified atom stereocenters. The lowest BCUT2D eigenvalue weighted by Gasteiger charge is -2.12. The highest BCUT2D eigenvalue weighted by Gasteiger charge is 2.05. The third-order valence-electron chi connectivity index (χ3n) is 3.53. The third kappa shape index (κ3) is 2.30. The second-order valence-corrected chi connectivity index (χ2v) is 4.88. The molecule has 100 valence electrons. The summed E-state index contributed by atoms with van der Waals surface area (Å²) < 4.78 is 0. The largest absolute Gasteiger partial charge is 0.397 e. The Kier molecular flexibility index (Phi) is 3.25. The first-order chi connectivity index (χ1) is 9.75. The van der Waals surface area contributed by atoms with Crippen molar-refractivity contribution in [1.29, 1.82) is 0 Å². The van der Waals surface area contributed by atoms with Crippen molar-refractivity contribution in [2.75, 3.05) is 11.1 Å². The van der Waals surface area contributed by atoms with Crippen LogP contribution < -0.4 is 11.1 Å². The molecule has 0 saturated heterocycles. The average Bonchev–Trinajstić information content (AvgIpc) is 2.48. The number of nitrogens with zero attached hydrogens (tertiary/aromatic N) is 1. The van der Waals surface area contributed by atoms with Gasteiger partial charge in [-0.1, -0.05) is 24.3 Å². The molecule has 0 aliphatic carbocycles. The van der Waals surface area contributed by atoms with Crippen molar-refractivity contribution < 1.29 is 0 Å². The van der Waals surface area contributed by atoms with Crippen LogP contribution in [0.25, 0.3) is 10.9 Å². The molecule has 3 rings (SSSR count). The van der Waals surface area contributed by atoms with Crippen LogP contribution in [0.4, 0.5) is 11.4 Å². The van der Waals surface area contributed by atoms with Gasteiger partial charge in [0, 0.05) is 23.8 Å². The van der Waals surface area contributed by atoms with E-state index < -0.39 is 0 Å². The number of aromatic nitrogens is 1. The van der Waals surface area contributed by atoms with E-state index in [-0.39, 0.29) is 0 Å². The van der Waals surface area contributed by atoms with Crippen LogP contribution in [0.3, 0.4) is 0 Å². The summed E-state index contributed by atoms with van der Waals surface area (Å²) in [6.45, 7) is 2.92. The van der Waals surface area contributed by atoms with Gasteiger partial charge in [-0.2, -0.15) is 0 Å². The number of aryl methyl sites for hydroxylation is 1. The number of fused-ring (bicyclic) bond motifs is 1. The van der Waals surface area contributed by atoms with E-state index in [2.05, 4.69) is 41.5 Å². The molecule has 0 fully saturated rings. The van der Waals surface area contributed by atoms with Gasteiger partial charge in [0.1, 0.15) is 0 Å². The number of nitrogens with one attached hydrogen (secondary N) is 1. The van der Waals surface area contributed by atoms with Gasteiger partial charge in [0.15, 0.2) is 0 Å². The quantitative estimate of drug-likeness (QED) is 0.708. The molecule has 0 aliphatic heterocycles. The van der Waals surface area contributed by atoms with E-state index in [9.17, 15) is 0 Å². The predicted octanol–water partition coefficient (Wildman–Crippen LogP) is 3.74. The normalized spacial score (nSPS) is 10.7. The number of pyridine rings is 1. The Morgan fingerprint density at radius 2 is 1.90 bits per heavy atom. The van der Waals surface area contributed by atoms with Gasteiger partial charge in [-0.25, -0.2) is 0 Å². The Labute approximate surface area is 118 Å². The van der Waals surface area contributed by atoms with Gasteiger partial charge in [-0.05, 0) is 42.3 Å². The van der Waals surface area contributed by atoms with Crippen LogP contribution in [0.15, 0.2) is 54.7 Å². The minimum absolute atomic E-state index is 0.710. The van der Waals surface area contributed by atoms with E-state index in [1.807, 2.05) is 24.3 Å². The van der Waals surface area contributed by atoms with Crippen LogP contribution in [0.5, 0.6) is 0 Å². The smallest absolute Gasteiger partial charge is 0.0951 e. The lowest BCUT2D eigenvalue weighted by molar-refractivity contribution is 1.12. The molecule has 0 bridgehead atoms. The summed E-state index contributed by atoms with van der Waals surface area (Å²) in [5.41, 5.74) is 11.2. The summed E-state index contributed by atoms with van der Waals surface area (Å²) in [7, 11) is 0. The van der Waals surface area contributed by atoms with Crippen LogP contribution >= 0.6 is 0 Å². The molecule has 0 saturated carbocycles. The van der Waals surface area contributed by atoms with E-state index in [4.69, 9.17) is 5.73 Å². The van der Waals surface area contributed by atoms with Crippen molar-refractivity contribution in [2.24, 2.45) is 0 Å². The highest BCUT2D eigenvalue weighted by Crippen LogP contribution is 2.26. The van der Waals surface area contributed by atoms with Crippen LogP contribution in [-0.2, 0) is 6.54 Å². The summed E-state index contributed by atoms with van der Waals surface area (Å²) >= 11 is 0. The maximum absolute atomic E-state index is 5.97. The molecule has 3 nitrogen and oxygen atoms in total. The summed E-state index contributed by atoms with van der Waals surface area (Å²) in [6, 6.07) is 16.3. The number of nitrogens with two attached hydrogens (primary N) is 1. The minimum Gasteiger partial charge on any atom is -0.397 e. The Balaban J connectivity index is 1.92. The molecule has 0 atom stereocenters. The first-order valence-corrected chi connectivity index (χ1v) is 6.67. The van der Waals surface area contributed by atoms with Gasteiger partial charge in [-0.15, -0.1) is 0 Å². The van der Waals surface area contributed by atoms with Gasteiger partial charge in [0.25, 0.3) is 0 Å². The molecule has 0 aliphatic rings. The van der Waals surface area contributed by atoms with E-state index >= 15 is 0 Å². The SMILES string of the molecule is Cc1ccccc1CNc1ccc(N)c2ncccc12. The molecule has 3 aromatic rings. The molecule has 0 spiro atoms. The molecule has 1 heterocycles. The molecule has 0 radical (unpaired) electrons. The molecular weight excluding hydrogens is 246 g/mol. The number of rotatable bonds is 3. The zero-order valence-corrected chi connectivity index (χ0v) is 11.4. The predicted molar refractivity (Wildman–Crippen MR) is 84.7 cm³/mol. The maximum Gasteiger partial charge on any atom is 0.0951 e. The van der Waals surface area contributed by atoms with Crippen molar-refractivity contribution in [1.82, 2.24) is 4.98 Å². The molecule has 20 heavy (non-hydrogen) atoms. The second-order valence-electron chi connectivity index (χ2n) is 4.88. The van der Waals surface area contributed by atoms with Gasteiger partial charge in [0.2, 0.25) is 0 Å². The maximum atomic E-state index is 5.97. The Hall–Kier alpha value is -2.55. The molecule has 3 heteroatoms. The van der Waals surface area contributed by atoms with Gasteiger partial charge < -0.3 is 11.1 Å². The standard InChI is InChI=1S/C17H17N3/c1-12-5-2-3-6-13(12)11-20-16-9-8-15(18)17-14(16)7-4-10-19-17/h2-10,20H,11,18H2,1H3. The van der Waals surface area contributed by atoms with Crippen LogP contribution in [0.2, 0.25) is 0 Å². The van der Waals surface area contributed by atoms with Gasteiger partial charge >= 0.3 is 0 Å². The van der Waals surface area contributed by atoms with Crippen molar-refractivity contribution in [2.45, 2.75) is 13.5 Å². The van der Waals surface area contributed by atoms with E-state index in [0.717, 1.165) is 23.1 Å². The Morgan fingerprint density at radius 3 is 2.75 bits per heavy atom. The molecule has 0 amide bonds. The fourth-order valence-corrected chi connectivity index (χ4v) is 2.35. The summed E-state index contributed by atoms with van der Waals surface area (Å²) in [4.78, 5) is 4.35. The minimum atomic E-state index is 0.710. The Morgan fingerprint density at radius 1 is 1.05 bits per heavy atom. The zero-order chi connectivity index (χ0) is 13.9. The second kappa shape index (κ2) is 5.21. The monoisotopic (exact) mass is 263 g/mol. The third-order valence-corrected chi connectivity index (χ3v) is 3.53. The molecule has 1 aromatic heterocycles. The topological polar surface area (TPSA) is 50.9 Å². The lowest BCUT2D eigenvalue weighted by atomic mass is 10.1. The van der Waals surface area contributed by atoms with Crippen molar-refractivity contribution in [3.05, 3.63) is 65.9 Å². The van der Waals surface area contributed by atoms with Crippen LogP contribution in [0, 0.1) is 6.92 Å². The summed E-state index contributed by atoms with van der Waals surface area (Å²) in [6.07, 6.45) is 1.77. The fraction of sp³-hybridized carbons (Fsp3) is 0.118. The van der Waals surface area contributed by atoms with Crippen LogP contribution in [-0.4, -0.2) is 4.98 Å². The lowest BCUT2D eigenvalue weighted by Crippen LogP contribution is -2.02. The van der Waals surface area contributed by atoms with E-state index in [0.29, 0.717) is 5.69 Å². The number of hydrogen-bond donors (Lipinski definition) is 2. The highest BCUT2D eigenvalue weighted by molar-refractivity contribution is 5.98.